The first kappa shape index (κ1) is 29.4. The van der Waals surface area contributed by atoms with Crippen LogP contribution in [0.25, 0.3) is 75.4 Å². The average molecular weight is 678 g/mol. The zero-order valence-electron chi connectivity index (χ0n) is 28.3. The van der Waals surface area contributed by atoms with Gasteiger partial charge in [-0.3, -0.25) is 0 Å². The van der Waals surface area contributed by atoms with Crippen LogP contribution in [-0.4, -0.2) is 4.98 Å². The fourth-order valence-corrected chi connectivity index (χ4v) is 9.98. The van der Waals surface area contributed by atoms with Crippen molar-refractivity contribution >= 4 is 53.9 Å². The molecule has 2 heteroatoms. The molecule has 1 heterocycles. The van der Waals surface area contributed by atoms with Crippen molar-refractivity contribution in [3.8, 4) is 32.8 Å². The van der Waals surface area contributed by atoms with E-state index < -0.39 is 5.41 Å². The van der Waals surface area contributed by atoms with Gasteiger partial charge in [0.25, 0.3) is 0 Å². The van der Waals surface area contributed by atoms with Crippen molar-refractivity contribution in [2.75, 3.05) is 0 Å². The summed E-state index contributed by atoms with van der Waals surface area (Å²) < 4.78 is 1.24. The quantitative estimate of drug-likeness (QED) is 0.169. The number of aromatic nitrogens is 1. The number of nitrogens with zero attached hydrogens (tertiary/aromatic N) is 1. The Bertz CT molecular complexity index is 2960. The lowest BCUT2D eigenvalue weighted by Gasteiger charge is -2.34. The van der Waals surface area contributed by atoms with Crippen molar-refractivity contribution in [3.63, 3.8) is 0 Å². The van der Waals surface area contributed by atoms with Gasteiger partial charge in [-0.15, -0.1) is 11.3 Å². The molecule has 0 bridgehead atoms. The van der Waals surface area contributed by atoms with Crippen LogP contribution in [0.3, 0.4) is 0 Å². The number of hydrogen-bond donors (Lipinski definition) is 0. The van der Waals surface area contributed by atoms with Crippen molar-refractivity contribution in [1.82, 2.24) is 4.98 Å². The Hall–Kier alpha value is -6.35. The van der Waals surface area contributed by atoms with Crippen LogP contribution in [0.5, 0.6) is 0 Å². The summed E-state index contributed by atoms with van der Waals surface area (Å²) in [6.45, 7) is 0. The molecule has 242 valence electrons. The van der Waals surface area contributed by atoms with Gasteiger partial charge < -0.3 is 0 Å². The maximum Gasteiger partial charge on any atom is 0.124 e. The van der Waals surface area contributed by atoms with E-state index in [1.54, 1.807) is 11.3 Å². The van der Waals surface area contributed by atoms with Crippen LogP contribution in [0.1, 0.15) is 22.3 Å². The van der Waals surface area contributed by atoms with E-state index in [1.807, 2.05) is 0 Å². The molecule has 0 saturated carbocycles. The minimum atomic E-state index is -0.473. The van der Waals surface area contributed by atoms with E-state index in [4.69, 9.17) is 4.98 Å². The second kappa shape index (κ2) is 11.3. The number of hydrogen-bond acceptors (Lipinski definition) is 2. The molecule has 0 atom stereocenters. The zero-order chi connectivity index (χ0) is 34.2. The van der Waals surface area contributed by atoms with E-state index in [-0.39, 0.29) is 0 Å². The number of rotatable bonds is 4. The molecular weight excluding hydrogens is 647 g/mol. The van der Waals surface area contributed by atoms with Crippen LogP contribution in [0.4, 0.5) is 0 Å². The molecule has 0 aliphatic heterocycles. The lowest BCUT2D eigenvalue weighted by atomic mass is 9.67. The zero-order valence-corrected chi connectivity index (χ0v) is 29.1. The molecule has 1 nitrogen and oxygen atoms in total. The first-order valence-electron chi connectivity index (χ1n) is 17.9. The van der Waals surface area contributed by atoms with Crippen LogP contribution < -0.4 is 0 Å². The summed E-state index contributed by atoms with van der Waals surface area (Å²) in [6.07, 6.45) is 0. The highest BCUT2D eigenvalue weighted by Gasteiger charge is 2.46. The lowest BCUT2D eigenvalue weighted by Crippen LogP contribution is -2.28. The average Bonchev–Trinajstić information content (AvgIpc) is 3.79. The minimum Gasteiger partial charge on any atom is -0.236 e. The molecule has 11 rings (SSSR count). The number of benzene rings is 9. The van der Waals surface area contributed by atoms with Crippen LogP contribution in [0.2, 0.25) is 0 Å². The second-order valence-electron chi connectivity index (χ2n) is 13.9. The summed E-state index contributed by atoms with van der Waals surface area (Å²) in [5.74, 6) is 0. The molecule has 9 aromatic carbocycles. The first-order chi connectivity index (χ1) is 25.8. The predicted molar refractivity (Wildman–Crippen MR) is 220 cm³/mol. The maximum absolute atomic E-state index is 5.09. The molecule has 0 unspecified atom stereocenters. The Morgan fingerprint density at radius 1 is 0.423 bits per heavy atom. The molecule has 0 radical (unpaired) electrons. The Morgan fingerprint density at radius 2 is 1.02 bits per heavy atom. The van der Waals surface area contributed by atoms with Crippen molar-refractivity contribution in [3.05, 3.63) is 210 Å². The third-order valence-electron chi connectivity index (χ3n) is 11.1. The Balaban J connectivity index is 1.18. The largest absolute Gasteiger partial charge is 0.236 e. The smallest absolute Gasteiger partial charge is 0.124 e. The molecule has 1 aromatic heterocycles. The summed E-state index contributed by atoms with van der Waals surface area (Å²) >= 11 is 1.79. The Morgan fingerprint density at radius 3 is 1.81 bits per heavy atom. The second-order valence-corrected chi connectivity index (χ2v) is 14.8. The summed E-state index contributed by atoms with van der Waals surface area (Å²) in [7, 11) is 0. The molecule has 0 saturated heterocycles. The maximum atomic E-state index is 5.09. The van der Waals surface area contributed by atoms with Gasteiger partial charge in [-0.2, -0.15) is 0 Å². The van der Waals surface area contributed by atoms with E-state index >= 15 is 0 Å². The summed E-state index contributed by atoms with van der Waals surface area (Å²) in [6, 6.07) is 69.3. The van der Waals surface area contributed by atoms with Gasteiger partial charge in [0.2, 0.25) is 0 Å². The van der Waals surface area contributed by atoms with E-state index in [2.05, 4.69) is 188 Å². The molecule has 10 aromatic rings. The van der Waals surface area contributed by atoms with Crippen molar-refractivity contribution in [2.45, 2.75) is 5.41 Å². The first-order valence-corrected chi connectivity index (χ1v) is 18.7. The van der Waals surface area contributed by atoms with Gasteiger partial charge in [-0.05, 0) is 89.6 Å². The van der Waals surface area contributed by atoms with Gasteiger partial charge in [0.15, 0.2) is 0 Å². The summed E-state index contributed by atoms with van der Waals surface area (Å²) in [5.41, 5.74) is 12.0. The molecular formula is C50H31NS. The highest BCUT2D eigenvalue weighted by atomic mass is 32.1. The summed E-state index contributed by atoms with van der Waals surface area (Å²) in [4.78, 5) is 5.09. The highest BCUT2D eigenvalue weighted by molar-refractivity contribution is 7.22. The van der Waals surface area contributed by atoms with Gasteiger partial charge >= 0.3 is 0 Å². The Kier molecular flexibility index (Phi) is 6.40. The van der Waals surface area contributed by atoms with Gasteiger partial charge in [-0.25, -0.2) is 4.98 Å². The van der Waals surface area contributed by atoms with Crippen molar-refractivity contribution < 1.29 is 0 Å². The van der Waals surface area contributed by atoms with E-state index in [1.165, 1.54) is 81.5 Å². The van der Waals surface area contributed by atoms with Gasteiger partial charge in [0.1, 0.15) is 5.01 Å². The summed E-state index contributed by atoms with van der Waals surface area (Å²) in [5, 5.41) is 8.63. The van der Waals surface area contributed by atoms with E-state index in [0.29, 0.717) is 0 Å². The number of thiazole rings is 1. The van der Waals surface area contributed by atoms with Crippen LogP contribution in [0.15, 0.2) is 188 Å². The molecule has 0 N–H and O–H groups in total. The molecule has 1 aliphatic carbocycles. The molecule has 1 aliphatic rings. The topological polar surface area (TPSA) is 12.9 Å². The normalized spacial score (nSPS) is 13.2. The predicted octanol–water partition coefficient (Wildman–Crippen LogP) is 13.5. The molecule has 0 fully saturated rings. The monoisotopic (exact) mass is 677 g/mol. The van der Waals surface area contributed by atoms with E-state index in [0.717, 1.165) is 16.1 Å². The van der Waals surface area contributed by atoms with Crippen LogP contribution >= 0.6 is 11.3 Å². The molecule has 52 heavy (non-hydrogen) atoms. The van der Waals surface area contributed by atoms with Gasteiger partial charge in [0.05, 0.1) is 15.6 Å². The third kappa shape index (κ3) is 4.19. The van der Waals surface area contributed by atoms with Crippen molar-refractivity contribution in [2.24, 2.45) is 0 Å². The van der Waals surface area contributed by atoms with E-state index in [9.17, 15) is 0 Å². The van der Waals surface area contributed by atoms with Crippen LogP contribution in [-0.2, 0) is 5.41 Å². The highest BCUT2D eigenvalue weighted by Crippen LogP contribution is 2.58. The lowest BCUT2D eigenvalue weighted by molar-refractivity contribution is 0.769. The van der Waals surface area contributed by atoms with Crippen molar-refractivity contribution in [1.29, 1.82) is 0 Å². The standard InChI is InChI=1S/C50H31NS/c1-4-13-35(14-5-1)49-51-45-29-26-34-22-20-33-21-23-36(30-42(33)46(34)48(45)52-49)37-24-27-41-44(31-37)50(38-15-6-2-7-16-38,39-17-8-3-9-18-39)43-28-25-32-12-10-11-19-40(32)47(41)43/h1-31H. The fraction of sp³-hybridized carbons (Fsp3) is 0.0200. The van der Waals surface area contributed by atoms with Crippen LogP contribution in [0, 0.1) is 0 Å². The molecule has 0 amide bonds. The minimum absolute atomic E-state index is 0.473. The molecule has 0 spiro atoms. The van der Waals surface area contributed by atoms with Gasteiger partial charge in [-0.1, -0.05) is 170 Å². The van der Waals surface area contributed by atoms with Gasteiger partial charge in [0, 0.05) is 10.9 Å². The fourth-order valence-electron chi connectivity index (χ4n) is 8.84. The SMILES string of the molecule is c1ccc(-c2nc3ccc4ccc5ccc(-c6ccc7c(c6)C(c6ccccc6)(c6ccccc6)c6ccc8ccccc8c6-7)cc5c4c3s2)cc1. The Labute approximate surface area is 306 Å². The third-order valence-corrected chi connectivity index (χ3v) is 12.3. The number of fused-ring (bicyclic) bond motifs is 10.